The lowest BCUT2D eigenvalue weighted by molar-refractivity contribution is -0.384. The second-order valence-corrected chi connectivity index (χ2v) is 6.51. The summed E-state index contributed by atoms with van der Waals surface area (Å²) >= 11 is 6.31. The summed E-state index contributed by atoms with van der Waals surface area (Å²) in [6, 6.07) is 6.06. The van der Waals surface area contributed by atoms with E-state index in [1.807, 2.05) is 19.9 Å². The topological polar surface area (TPSA) is 94.6 Å². The number of methoxy groups -OCH3 is 1. The molecule has 27 heavy (non-hydrogen) atoms. The predicted molar refractivity (Wildman–Crippen MR) is 103 cm³/mol. The number of aryl methyl sites for hydroxylation is 2. The zero-order valence-electron chi connectivity index (χ0n) is 15.0. The van der Waals surface area contributed by atoms with E-state index >= 15 is 0 Å². The maximum Gasteiger partial charge on any atom is 0.296 e. The first-order valence-corrected chi connectivity index (χ1v) is 8.47. The molecule has 0 saturated heterocycles. The highest BCUT2D eigenvalue weighted by atomic mass is 35.5. The number of nitro benzene ring substituents is 1. The normalized spacial score (nSPS) is 10.8. The van der Waals surface area contributed by atoms with Crippen molar-refractivity contribution in [1.29, 1.82) is 0 Å². The van der Waals surface area contributed by atoms with Crippen molar-refractivity contribution in [2.24, 2.45) is 0 Å². The molecule has 2 aromatic carbocycles. The fourth-order valence-electron chi connectivity index (χ4n) is 3.00. The zero-order valence-corrected chi connectivity index (χ0v) is 15.7. The molecule has 1 N–H and O–H groups in total. The third-order valence-electron chi connectivity index (χ3n) is 4.32. The molecule has 1 heterocycles. The van der Waals surface area contributed by atoms with Crippen molar-refractivity contribution in [3.63, 3.8) is 0 Å². The van der Waals surface area contributed by atoms with Gasteiger partial charge in [-0.3, -0.25) is 14.9 Å². The quantitative estimate of drug-likeness (QED) is 0.500. The largest absolute Gasteiger partial charge is 0.496 e. The number of nitro groups is 1. The Balaban J connectivity index is 1.88. The molecule has 3 rings (SSSR count). The highest BCUT2D eigenvalue weighted by molar-refractivity contribution is 6.33. The molecule has 0 aliphatic carbocycles. The van der Waals surface area contributed by atoms with Crippen LogP contribution >= 0.6 is 11.6 Å². The summed E-state index contributed by atoms with van der Waals surface area (Å²) in [6.45, 7) is 3.75. The van der Waals surface area contributed by atoms with E-state index < -0.39 is 10.8 Å². The van der Waals surface area contributed by atoms with Gasteiger partial charge in [-0.25, -0.2) is 0 Å². The summed E-state index contributed by atoms with van der Waals surface area (Å²) in [6.07, 6.45) is 1.51. The highest BCUT2D eigenvalue weighted by Gasteiger charge is 2.19. The second kappa shape index (κ2) is 7.28. The Morgan fingerprint density at radius 1 is 1.33 bits per heavy atom. The summed E-state index contributed by atoms with van der Waals surface area (Å²) in [5, 5.41) is 15.2. The van der Waals surface area contributed by atoms with Crippen LogP contribution in [0.15, 0.2) is 34.9 Å². The van der Waals surface area contributed by atoms with Crippen LogP contribution in [0.2, 0.25) is 5.02 Å². The molecule has 0 aliphatic rings. The summed E-state index contributed by atoms with van der Waals surface area (Å²) in [5.74, 6) is -0.0665. The number of nitrogens with zero attached hydrogens (tertiary/aromatic N) is 1. The lowest BCUT2D eigenvalue weighted by atomic mass is 10.0. The number of hydrogen-bond donors (Lipinski definition) is 1. The van der Waals surface area contributed by atoms with Gasteiger partial charge in [0.1, 0.15) is 17.0 Å². The molecule has 3 aromatic rings. The van der Waals surface area contributed by atoms with Crippen molar-refractivity contribution in [1.82, 2.24) is 0 Å². The molecule has 0 unspecified atom stereocenters. The number of carbonyl (C=O) groups excluding carboxylic acids is 1. The molecule has 0 bridgehead atoms. The van der Waals surface area contributed by atoms with Gasteiger partial charge in [-0.05, 0) is 43.2 Å². The first kappa shape index (κ1) is 18.7. The van der Waals surface area contributed by atoms with Crippen molar-refractivity contribution >= 4 is 39.9 Å². The van der Waals surface area contributed by atoms with Gasteiger partial charge in [-0.1, -0.05) is 11.6 Å². The van der Waals surface area contributed by atoms with E-state index in [4.69, 9.17) is 20.8 Å². The molecule has 8 heteroatoms. The smallest absolute Gasteiger partial charge is 0.296 e. The monoisotopic (exact) mass is 388 g/mol. The molecular weight excluding hydrogens is 372 g/mol. The Bertz CT molecular complexity index is 1060. The molecule has 0 spiro atoms. The minimum absolute atomic E-state index is 0.00356. The maximum atomic E-state index is 12.5. The molecule has 140 valence electrons. The number of ether oxygens (including phenoxy) is 1. The van der Waals surface area contributed by atoms with Gasteiger partial charge in [0.25, 0.3) is 5.69 Å². The fraction of sp³-hybridized carbons (Fsp3) is 0.211. The standard InChI is InChI=1S/C19H17ClN2O5/c1-10-6-16-18(11(2)19(10)20)12(9-27-16)7-17(23)21-14-5-4-13(26-3)8-15(14)22(24)25/h4-6,8-9H,7H2,1-3H3,(H,21,23). The number of amides is 1. The van der Waals surface area contributed by atoms with Crippen LogP contribution in [0.3, 0.4) is 0 Å². The van der Waals surface area contributed by atoms with E-state index in [0.717, 1.165) is 16.5 Å². The molecule has 0 atom stereocenters. The third-order valence-corrected chi connectivity index (χ3v) is 4.90. The third kappa shape index (κ3) is 3.59. The number of furan rings is 1. The lowest BCUT2D eigenvalue weighted by Gasteiger charge is -2.08. The number of benzene rings is 2. The highest BCUT2D eigenvalue weighted by Crippen LogP contribution is 2.33. The Morgan fingerprint density at radius 3 is 2.74 bits per heavy atom. The number of hydrogen-bond acceptors (Lipinski definition) is 5. The number of nitrogens with one attached hydrogen (secondary N) is 1. The van der Waals surface area contributed by atoms with Crippen LogP contribution in [0.4, 0.5) is 11.4 Å². The second-order valence-electron chi connectivity index (χ2n) is 6.13. The molecule has 7 nitrogen and oxygen atoms in total. The first-order chi connectivity index (χ1) is 12.8. The van der Waals surface area contributed by atoms with E-state index in [9.17, 15) is 14.9 Å². The van der Waals surface area contributed by atoms with Crippen LogP contribution in [0.1, 0.15) is 16.7 Å². The van der Waals surface area contributed by atoms with Gasteiger partial charge in [0.2, 0.25) is 5.91 Å². The average Bonchev–Trinajstić information content (AvgIpc) is 3.02. The molecule has 0 fully saturated rings. The Kier molecular flexibility index (Phi) is 5.05. The van der Waals surface area contributed by atoms with Gasteiger partial charge < -0.3 is 14.5 Å². The Labute approximate surface area is 160 Å². The molecule has 0 aliphatic heterocycles. The number of rotatable bonds is 5. The van der Waals surface area contributed by atoms with Crippen molar-refractivity contribution in [3.05, 3.63) is 62.4 Å². The van der Waals surface area contributed by atoms with Crippen LogP contribution < -0.4 is 10.1 Å². The van der Waals surface area contributed by atoms with E-state index in [1.54, 1.807) is 6.07 Å². The van der Waals surface area contributed by atoms with Gasteiger partial charge in [-0.2, -0.15) is 0 Å². The number of anilines is 1. The number of halogens is 1. The van der Waals surface area contributed by atoms with E-state index in [1.165, 1.54) is 25.5 Å². The number of fused-ring (bicyclic) bond motifs is 1. The fourth-order valence-corrected chi connectivity index (χ4v) is 3.15. The first-order valence-electron chi connectivity index (χ1n) is 8.10. The summed E-state index contributed by atoms with van der Waals surface area (Å²) in [4.78, 5) is 23.2. The van der Waals surface area contributed by atoms with Crippen LogP contribution in [-0.2, 0) is 11.2 Å². The van der Waals surface area contributed by atoms with E-state index in [2.05, 4.69) is 5.32 Å². The van der Waals surface area contributed by atoms with Crippen LogP contribution in [0, 0.1) is 24.0 Å². The average molecular weight is 389 g/mol. The van der Waals surface area contributed by atoms with Crippen molar-refractivity contribution in [2.75, 3.05) is 12.4 Å². The van der Waals surface area contributed by atoms with Gasteiger partial charge in [0, 0.05) is 16.0 Å². The van der Waals surface area contributed by atoms with Gasteiger partial charge >= 0.3 is 0 Å². The molecule has 1 amide bonds. The molecular formula is C19H17ClN2O5. The van der Waals surface area contributed by atoms with Crippen molar-refractivity contribution in [2.45, 2.75) is 20.3 Å². The maximum absolute atomic E-state index is 12.5. The molecule has 1 aromatic heterocycles. The van der Waals surface area contributed by atoms with Gasteiger partial charge in [0.15, 0.2) is 0 Å². The zero-order chi connectivity index (χ0) is 19.7. The van der Waals surface area contributed by atoms with Crippen LogP contribution in [-0.4, -0.2) is 17.9 Å². The summed E-state index contributed by atoms with van der Waals surface area (Å²) < 4.78 is 10.5. The Hall–Kier alpha value is -3.06. The van der Waals surface area contributed by atoms with Crippen molar-refractivity contribution < 1.29 is 18.9 Å². The minimum Gasteiger partial charge on any atom is -0.496 e. The minimum atomic E-state index is -0.571. The Morgan fingerprint density at radius 2 is 2.07 bits per heavy atom. The lowest BCUT2D eigenvalue weighted by Crippen LogP contribution is -2.15. The number of carbonyl (C=O) groups is 1. The van der Waals surface area contributed by atoms with Crippen LogP contribution in [0.5, 0.6) is 5.75 Å². The van der Waals surface area contributed by atoms with Crippen molar-refractivity contribution in [3.8, 4) is 5.75 Å². The van der Waals surface area contributed by atoms with E-state index in [0.29, 0.717) is 21.9 Å². The predicted octanol–water partition coefficient (Wildman–Crippen LogP) is 4.80. The van der Waals surface area contributed by atoms with Gasteiger partial charge in [0.05, 0.1) is 30.8 Å². The van der Waals surface area contributed by atoms with Gasteiger partial charge in [-0.15, -0.1) is 0 Å². The summed E-state index contributed by atoms with van der Waals surface area (Å²) in [5.41, 5.74) is 2.89. The van der Waals surface area contributed by atoms with Crippen LogP contribution in [0.25, 0.3) is 11.0 Å². The summed E-state index contributed by atoms with van der Waals surface area (Å²) in [7, 11) is 1.41. The molecule has 0 saturated carbocycles. The molecule has 0 radical (unpaired) electrons. The SMILES string of the molecule is COc1ccc(NC(=O)Cc2coc3cc(C)c(Cl)c(C)c23)c([N+](=O)[O-])c1. The van der Waals surface area contributed by atoms with E-state index in [-0.39, 0.29) is 17.8 Å².